The van der Waals surface area contributed by atoms with Gasteiger partial charge in [-0.25, -0.2) is 0 Å². The van der Waals surface area contributed by atoms with Crippen LogP contribution >= 0.6 is 0 Å². The number of benzene rings is 2. The molecule has 2 aliphatic rings. The van der Waals surface area contributed by atoms with Crippen molar-refractivity contribution in [2.75, 3.05) is 55.6 Å². The molecule has 0 bridgehead atoms. The molecule has 0 aromatic heterocycles. The monoisotopic (exact) mass is 412 g/mol. The minimum atomic E-state index is 0.204. The first-order valence-electron chi connectivity index (χ1n) is 10.4. The Hall–Kier alpha value is -2.44. The average Bonchev–Trinajstić information content (AvgIpc) is 2.77. The van der Waals surface area contributed by atoms with E-state index in [1.807, 2.05) is 0 Å². The first kappa shape index (κ1) is 20.8. The van der Waals surface area contributed by atoms with Crippen molar-refractivity contribution in [1.82, 2.24) is 9.80 Å². The summed E-state index contributed by atoms with van der Waals surface area (Å²) in [6, 6.07) is 9.03. The summed E-state index contributed by atoms with van der Waals surface area (Å²) < 4.78 is 22.4. The Morgan fingerprint density at radius 2 is 0.933 bits per heavy atom. The number of hydrogen-bond donors (Lipinski definition) is 0. The zero-order chi connectivity index (χ0) is 21.4. The van der Waals surface area contributed by atoms with Crippen LogP contribution in [0.5, 0.6) is 23.0 Å². The Bertz CT molecular complexity index is 854. The number of rotatable bonds is 5. The zero-order valence-electron chi connectivity index (χ0n) is 18.8. The highest BCUT2D eigenvalue weighted by Crippen LogP contribution is 2.48. The van der Waals surface area contributed by atoms with E-state index in [1.165, 1.54) is 22.3 Å². The second kappa shape index (κ2) is 8.36. The van der Waals surface area contributed by atoms with Gasteiger partial charge in [0.1, 0.15) is 0 Å². The predicted octanol–water partition coefficient (Wildman–Crippen LogP) is 3.48. The first-order chi connectivity index (χ1) is 14.5. The molecule has 0 saturated carbocycles. The lowest BCUT2D eigenvalue weighted by Gasteiger charge is -2.46. The second-order valence-corrected chi connectivity index (χ2v) is 8.16. The van der Waals surface area contributed by atoms with Crippen LogP contribution in [0.3, 0.4) is 0 Å². The van der Waals surface area contributed by atoms with Crippen LogP contribution in [0.1, 0.15) is 34.3 Å². The summed E-state index contributed by atoms with van der Waals surface area (Å²) in [5, 5.41) is 0. The molecule has 2 aromatic carbocycles. The highest BCUT2D eigenvalue weighted by Gasteiger charge is 2.39. The van der Waals surface area contributed by atoms with Gasteiger partial charge < -0.3 is 18.9 Å². The number of likely N-dealkylation sites (N-methyl/N-ethyl adjacent to an activating group) is 2. The van der Waals surface area contributed by atoms with Crippen molar-refractivity contribution in [2.24, 2.45) is 0 Å². The van der Waals surface area contributed by atoms with Crippen LogP contribution in [-0.4, -0.2) is 65.4 Å². The fourth-order valence-electron chi connectivity index (χ4n) is 5.03. The quantitative estimate of drug-likeness (QED) is 0.749. The van der Waals surface area contributed by atoms with Gasteiger partial charge in [-0.3, -0.25) is 9.80 Å². The maximum absolute atomic E-state index is 5.64. The summed E-state index contributed by atoms with van der Waals surface area (Å²) in [6.07, 6.45) is 2.00. The van der Waals surface area contributed by atoms with Gasteiger partial charge in [0.15, 0.2) is 23.0 Å². The molecule has 0 N–H and O–H groups in total. The SMILES string of the molecule is COc1cc2c(cc1OC)C(C1c3cc(OC)c(OC)cc3CCN1C)N(C)CC2. The third kappa shape index (κ3) is 3.38. The van der Waals surface area contributed by atoms with E-state index in [2.05, 4.69) is 48.2 Å². The van der Waals surface area contributed by atoms with Gasteiger partial charge in [0, 0.05) is 13.1 Å². The minimum absolute atomic E-state index is 0.204. The Labute approximate surface area is 179 Å². The first-order valence-corrected chi connectivity index (χ1v) is 10.4. The molecular formula is C24H32N2O4. The van der Waals surface area contributed by atoms with Crippen LogP contribution in [0.25, 0.3) is 0 Å². The maximum Gasteiger partial charge on any atom is 0.161 e. The van der Waals surface area contributed by atoms with Crippen LogP contribution < -0.4 is 18.9 Å². The van der Waals surface area contributed by atoms with Crippen molar-refractivity contribution in [3.8, 4) is 23.0 Å². The average molecular weight is 413 g/mol. The van der Waals surface area contributed by atoms with E-state index in [0.717, 1.165) is 48.9 Å². The second-order valence-electron chi connectivity index (χ2n) is 8.16. The van der Waals surface area contributed by atoms with Gasteiger partial charge in [0.25, 0.3) is 0 Å². The standard InChI is InChI=1S/C24H32N2O4/c1-25-9-7-15-11-19(27-3)21(29-5)13-17(15)23(25)24-18-14-22(30-6)20(28-4)12-16(18)8-10-26(24)2/h11-14,23-24H,7-10H2,1-6H3. The number of methoxy groups -OCH3 is 4. The third-order valence-electron chi connectivity index (χ3n) is 6.64. The molecule has 6 nitrogen and oxygen atoms in total. The van der Waals surface area contributed by atoms with Gasteiger partial charge >= 0.3 is 0 Å². The van der Waals surface area contributed by atoms with Crippen molar-refractivity contribution in [1.29, 1.82) is 0 Å². The van der Waals surface area contributed by atoms with Crippen LogP contribution in [-0.2, 0) is 12.8 Å². The molecule has 162 valence electrons. The molecule has 2 atom stereocenters. The number of fused-ring (bicyclic) bond motifs is 2. The van der Waals surface area contributed by atoms with Gasteiger partial charge in [-0.05, 0) is 73.5 Å². The topological polar surface area (TPSA) is 43.4 Å². The van der Waals surface area contributed by atoms with Crippen LogP contribution in [0.4, 0.5) is 0 Å². The van der Waals surface area contributed by atoms with Crippen molar-refractivity contribution in [3.63, 3.8) is 0 Å². The molecule has 0 radical (unpaired) electrons. The summed E-state index contributed by atoms with van der Waals surface area (Å²) in [4.78, 5) is 4.92. The molecule has 30 heavy (non-hydrogen) atoms. The van der Waals surface area contributed by atoms with Crippen molar-refractivity contribution in [2.45, 2.75) is 24.9 Å². The molecule has 0 aliphatic carbocycles. The molecule has 4 rings (SSSR count). The normalized spacial score (nSPS) is 21.5. The summed E-state index contributed by atoms with van der Waals surface area (Å²) in [6.45, 7) is 2.00. The molecule has 6 heteroatoms. The molecular weight excluding hydrogens is 380 g/mol. The molecule has 2 unspecified atom stereocenters. The van der Waals surface area contributed by atoms with E-state index in [0.29, 0.717) is 0 Å². The minimum Gasteiger partial charge on any atom is -0.493 e. The van der Waals surface area contributed by atoms with Crippen LogP contribution in [0.2, 0.25) is 0 Å². The highest BCUT2D eigenvalue weighted by atomic mass is 16.5. The fourth-order valence-corrected chi connectivity index (χ4v) is 5.03. The summed E-state index contributed by atoms with van der Waals surface area (Å²) in [5.74, 6) is 3.15. The van der Waals surface area contributed by atoms with Crippen molar-refractivity contribution >= 4 is 0 Å². The van der Waals surface area contributed by atoms with Crippen LogP contribution in [0, 0.1) is 0 Å². The lowest BCUT2D eigenvalue weighted by molar-refractivity contribution is 0.0964. The van der Waals surface area contributed by atoms with E-state index >= 15 is 0 Å². The molecule has 0 saturated heterocycles. The van der Waals surface area contributed by atoms with E-state index in [9.17, 15) is 0 Å². The van der Waals surface area contributed by atoms with E-state index in [1.54, 1.807) is 28.4 Å². The maximum atomic E-state index is 5.64. The molecule has 2 heterocycles. The lowest BCUT2D eigenvalue weighted by atomic mass is 9.81. The number of ether oxygens (including phenoxy) is 4. The molecule has 0 fully saturated rings. The van der Waals surface area contributed by atoms with E-state index in [4.69, 9.17) is 18.9 Å². The molecule has 2 aromatic rings. The smallest absolute Gasteiger partial charge is 0.161 e. The Morgan fingerprint density at radius 3 is 1.27 bits per heavy atom. The van der Waals surface area contributed by atoms with Crippen molar-refractivity contribution < 1.29 is 18.9 Å². The summed E-state index contributed by atoms with van der Waals surface area (Å²) in [5.41, 5.74) is 5.27. The molecule has 2 aliphatic heterocycles. The molecule has 0 spiro atoms. The van der Waals surface area contributed by atoms with E-state index in [-0.39, 0.29) is 12.1 Å². The highest BCUT2D eigenvalue weighted by molar-refractivity contribution is 5.53. The van der Waals surface area contributed by atoms with Crippen molar-refractivity contribution in [3.05, 3.63) is 46.5 Å². The third-order valence-corrected chi connectivity index (χ3v) is 6.64. The van der Waals surface area contributed by atoms with Gasteiger partial charge in [-0.1, -0.05) is 0 Å². The summed E-state index contributed by atoms with van der Waals surface area (Å²) >= 11 is 0. The zero-order valence-corrected chi connectivity index (χ0v) is 18.8. The number of hydrogen-bond acceptors (Lipinski definition) is 6. The summed E-state index contributed by atoms with van der Waals surface area (Å²) in [7, 11) is 11.2. The van der Waals surface area contributed by atoms with Gasteiger partial charge in [0.2, 0.25) is 0 Å². The van der Waals surface area contributed by atoms with Gasteiger partial charge in [-0.15, -0.1) is 0 Å². The van der Waals surface area contributed by atoms with Gasteiger partial charge in [-0.2, -0.15) is 0 Å². The van der Waals surface area contributed by atoms with Crippen LogP contribution in [0.15, 0.2) is 24.3 Å². The fraction of sp³-hybridized carbons (Fsp3) is 0.500. The predicted molar refractivity (Wildman–Crippen MR) is 117 cm³/mol. The Balaban J connectivity index is 1.87. The number of nitrogens with zero attached hydrogens (tertiary/aromatic N) is 2. The largest absolute Gasteiger partial charge is 0.493 e. The lowest BCUT2D eigenvalue weighted by Crippen LogP contribution is -2.44. The Kier molecular flexibility index (Phi) is 5.80. The van der Waals surface area contributed by atoms with Gasteiger partial charge in [0.05, 0.1) is 40.5 Å². The Morgan fingerprint density at radius 1 is 0.600 bits per heavy atom. The van der Waals surface area contributed by atoms with E-state index < -0.39 is 0 Å². The molecule has 0 amide bonds.